The molecule has 1 spiro atoms. The number of nitrogens with zero attached hydrogens (tertiary/aromatic N) is 3. The van der Waals surface area contributed by atoms with E-state index in [0.29, 0.717) is 21.8 Å². The molecule has 0 saturated carbocycles. The van der Waals surface area contributed by atoms with Crippen LogP contribution in [0.25, 0.3) is 11.0 Å². The fourth-order valence-electron chi connectivity index (χ4n) is 5.75. The van der Waals surface area contributed by atoms with E-state index < -0.39 is 28.6 Å². The molecule has 7 nitrogen and oxygen atoms in total. The second-order valence-corrected chi connectivity index (χ2v) is 10.3. The minimum absolute atomic E-state index is 0.0846. The fraction of sp³-hybridized carbons (Fsp3) is 0.0968. The highest BCUT2D eigenvalue weighted by Gasteiger charge is 2.66. The second-order valence-electron chi connectivity index (χ2n) is 9.85. The van der Waals surface area contributed by atoms with E-state index in [1.165, 1.54) is 34.1 Å². The lowest BCUT2D eigenvalue weighted by Crippen LogP contribution is -2.54. The Hall–Kier alpha value is -4.82. The zero-order valence-electron chi connectivity index (χ0n) is 21.0. The molecule has 9 heteroatoms. The lowest BCUT2D eigenvalue weighted by molar-refractivity contribution is -0.121. The molecule has 0 aliphatic carbocycles. The topological polar surface area (TPSA) is 83.7 Å². The normalized spacial score (nSPS) is 17.7. The van der Waals surface area contributed by atoms with Crippen LogP contribution in [-0.4, -0.2) is 16.8 Å². The van der Waals surface area contributed by atoms with E-state index in [1.54, 1.807) is 60.8 Å². The zero-order chi connectivity index (χ0) is 27.8. The van der Waals surface area contributed by atoms with Crippen LogP contribution in [0.2, 0.25) is 5.02 Å². The Balaban J connectivity index is 1.56. The van der Waals surface area contributed by atoms with Gasteiger partial charge in [0.15, 0.2) is 11.0 Å². The van der Waals surface area contributed by atoms with Gasteiger partial charge < -0.3 is 9.32 Å². The van der Waals surface area contributed by atoms with Crippen LogP contribution < -0.4 is 15.2 Å². The number of benzene rings is 3. The van der Waals surface area contributed by atoms with Crippen molar-refractivity contribution in [3.63, 3.8) is 0 Å². The number of rotatable bonds is 3. The maximum absolute atomic E-state index is 14.8. The highest BCUT2D eigenvalue weighted by atomic mass is 35.5. The van der Waals surface area contributed by atoms with Gasteiger partial charge in [-0.25, -0.2) is 9.37 Å². The number of anilines is 2. The molecule has 196 valence electrons. The largest absolute Gasteiger partial charge is 0.450 e. The van der Waals surface area contributed by atoms with Gasteiger partial charge in [0.2, 0.25) is 5.76 Å². The number of carbonyl (C=O) groups is 2. The number of amides is 2. The monoisotopic (exact) mass is 551 g/mol. The third-order valence-corrected chi connectivity index (χ3v) is 7.71. The van der Waals surface area contributed by atoms with Crippen LogP contribution in [0.3, 0.4) is 0 Å². The number of aromatic nitrogens is 1. The molecule has 0 radical (unpaired) electrons. The molecule has 7 rings (SSSR count). The third kappa shape index (κ3) is 3.23. The first-order valence-electron chi connectivity index (χ1n) is 12.5. The highest BCUT2D eigenvalue weighted by Crippen LogP contribution is 2.54. The van der Waals surface area contributed by atoms with Crippen molar-refractivity contribution in [2.75, 3.05) is 9.80 Å². The van der Waals surface area contributed by atoms with Crippen molar-refractivity contribution in [3.05, 3.63) is 134 Å². The van der Waals surface area contributed by atoms with Gasteiger partial charge in [0, 0.05) is 16.8 Å². The molecule has 3 aromatic carbocycles. The number of halogens is 2. The smallest absolute Gasteiger partial charge is 0.297 e. The van der Waals surface area contributed by atoms with Gasteiger partial charge in [-0.05, 0) is 66.6 Å². The number of aryl methyl sites for hydroxylation is 1. The average molecular weight is 552 g/mol. The molecule has 2 aromatic heterocycles. The van der Waals surface area contributed by atoms with Crippen molar-refractivity contribution in [3.8, 4) is 0 Å². The predicted molar refractivity (Wildman–Crippen MR) is 148 cm³/mol. The number of hydrogen-bond acceptors (Lipinski definition) is 5. The first-order valence-corrected chi connectivity index (χ1v) is 12.9. The lowest BCUT2D eigenvalue weighted by Gasteiger charge is -2.33. The number of pyridine rings is 1. The van der Waals surface area contributed by atoms with Gasteiger partial charge in [-0.15, -0.1) is 0 Å². The molecule has 0 bridgehead atoms. The molecule has 5 aromatic rings. The highest BCUT2D eigenvalue weighted by molar-refractivity contribution is 6.31. The molecule has 0 N–H and O–H groups in total. The summed E-state index contributed by atoms with van der Waals surface area (Å²) in [5.41, 5.74) is 0.0971. The molecule has 4 heterocycles. The molecule has 1 unspecified atom stereocenters. The van der Waals surface area contributed by atoms with E-state index in [2.05, 4.69) is 4.98 Å². The summed E-state index contributed by atoms with van der Waals surface area (Å²) >= 11 is 6.23. The first-order chi connectivity index (χ1) is 19.3. The van der Waals surface area contributed by atoms with Crippen molar-refractivity contribution in [1.29, 1.82) is 0 Å². The standard InChI is InChI=1S/C31H19ClFN3O4/c1-17-12-13-34-25(14-17)36-29(38)28-26(27(37)21-15-19(32)8-11-24(21)40-28)31(36)22-4-2-3-5-23(22)35(30(31)39)16-18-6-9-20(33)10-7-18/h2-15H,16H2,1H3. The number of para-hydroxylation sites is 1. The summed E-state index contributed by atoms with van der Waals surface area (Å²) in [5, 5.41) is 0.464. The first kappa shape index (κ1) is 24.2. The quantitative estimate of drug-likeness (QED) is 0.285. The Labute approximate surface area is 232 Å². The minimum Gasteiger partial charge on any atom is -0.450 e. The van der Waals surface area contributed by atoms with Crippen molar-refractivity contribution in [2.45, 2.75) is 19.0 Å². The maximum Gasteiger partial charge on any atom is 0.297 e. The Morgan fingerprint density at radius 3 is 2.52 bits per heavy atom. The Morgan fingerprint density at radius 2 is 1.75 bits per heavy atom. The second kappa shape index (κ2) is 8.59. The van der Waals surface area contributed by atoms with Gasteiger partial charge in [-0.2, -0.15) is 0 Å². The molecule has 2 aliphatic rings. The van der Waals surface area contributed by atoms with Crippen molar-refractivity contribution in [2.24, 2.45) is 0 Å². The van der Waals surface area contributed by atoms with Crippen molar-refractivity contribution >= 4 is 45.9 Å². The van der Waals surface area contributed by atoms with E-state index >= 15 is 0 Å². The Bertz CT molecular complexity index is 1960. The van der Waals surface area contributed by atoms with Gasteiger partial charge in [0.1, 0.15) is 17.2 Å². The predicted octanol–water partition coefficient (Wildman–Crippen LogP) is 5.74. The molecule has 0 fully saturated rings. The summed E-state index contributed by atoms with van der Waals surface area (Å²) < 4.78 is 19.7. The maximum atomic E-state index is 14.8. The van der Waals surface area contributed by atoms with E-state index in [-0.39, 0.29) is 34.7 Å². The molecule has 2 amide bonds. The molecular formula is C31H19ClFN3O4. The minimum atomic E-state index is -1.89. The van der Waals surface area contributed by atoms with Gasteiger partial charge >= 0.3 is 0 Å². The summed E-state index contributed by atoms with van der Waals surface area (Å²) in [5.74, 6) is -1.61. The SMILES string of the molecule is Cc1ccnc(N2C(=O)c3oc4ccc(Cl)cc4c(=O)c3C23C(=O)N(Cc2ccc(F)cc2)c2ccccc23)c1. The lowest BCUT2D eigenvalue weighted by atomic mass is 9.84. The van der Waals surface area contributed by atoms with Crippen LogP contribution in [0.1, 0.15) is 32.8 Å². The summed E-state index contributed by atoms with van der Waals surface area (Å²) in [4.78, 5) is 50.5. The van der Waals surface area contributed by atoms with Crippen LogP contribution in [0, 0.1) is 12.7 Å². The molecule has 1 atom stereocenters. The van der Waals surface area contributed by atoms with E-state index in [9.17, 15) is 18.8 Å². The fourth-order valence-corrected chi connectivity index (χ4v) is 5.92. The summed E-state index contributed by atoms with van der Waals surface area (Å²) in [7, 11) is 0. The third-order valence-electron chi connectivity index (χ3n) is 7.47. The molecular weight excluding hydrogens is 533 g/mol. The van der Waals surface area contributed by atoms with Gasteiger partial charge in [-0.1, -0.05) is 41.9 Å². The van der Waals surface area contributed by atoms with Crippen LogP contribution in [-0.2, 0) is 16.9 Å². The molecule has 2 aliphatic heterocycles. The molecule has 0 saturated heterocycles. The summed E-state index contributed by atoms with van der Waals surface area (Å²) in [6.07, 6.45) is 1.54. The van der Waals surface area contributed by atoms with Crippen LogP contribution in [0.4, 0.5) is 15.9 Å². The van der Waals surface area contributed by atoms with E-state index in [4.69, 9.17) is 16.0 Å². The van der Waals surface area contributed by atoms with Crippen LogP contribution >= 0.6 is 11.6 Å². The Morgan fingerprint density at radius 1 is 0.975 bits per heavy atom. The van der Waals surface area contributed by atoms with Gasteiger partial charge in [-0.3, -0.25) is 19.3 Å². The van der Waals surface area contributed by atoms with Crippen molar-refractivity contribution < 1.29 is 18.4 Å². The van der Waals surface area contributed by atoms with Gasteiger partial charge in [0.05, 0.1) is 23.2 Å². The van der Waals surface area contributed by atoms with E-state index in [1.807, 2.05) is 6.92 Å². The Kier molecular flexibility index (Phi) is 5.21. The van der Waals surface area contributed by atoms with E-state index in [0.717, 1.165) is 5.56 Å². The average Bonchev–Trinajstić information content (AvgIpc) is 3.35. The summed E-state index contributed by atoms with van der Waals surface area (Å²) in [6, 6.07) is 20.8. The van der Waals surface area contributed by atoms with Crippen molar-refractivity contribution in [1.82, 2.24) is 4.98 Å². The van der Waals surface area contributed by atoms with Crippen LogP contribution in [0.15, 0.2) is 94.3 Å². The van der Waals surface area contributed by atoms with Gasteiger partial charge in [0.25, 0.3) is 11.8 Å². The number of carbonyl (C=O) groups excluding carboxylic acids is 2. The van der Waals surface area contributed by atoms with Crippen LogP contribution in [0.5, 0.6) is 0 Å². The summed E-state index contributed by atoms with van der Waals surface area (Å²) in [6.45, 7) is 1.93. The zero-order valence-corrected chi connectivity index (χ0v) is 21.8. The molecule has 40 heavy (non-hydrogen) atoms. The number of fused-ring (bicyclic) bond motifs is 5. The number of hydrogen-bond donors (Lipinski definition) is 0.